The largest absolute Gasteiger partial charge is 0.494 e. The Hall–Kier alpha value is -2.69. The van der Waals surface area contributed by atoms with Crippen molar-refractivity contribution < 1.29 is 19.0 Å². The summed E-state index contributed by atoms with van der Waals surface area (Å²) in [7, 11) is 3.23. The van der Waals surface area contributed by atoms with E-state index < -0.39 is 0 Å². The molecule has 2 rings (SSSR count). The van der Waals surface area contributed by atoms with E-state index in [1.807, 2.05) is 24.3 Å². The number of rotatable bonds is 11. The molecule has 0 bridgehead atoms. The van der Waals surface area contributed by atoms with Crippen LogP contribution in [0.25, 0.3) is 0 Å². The van der Waals surface area contributed by atoms with Gasteiger partial charge >= 0.3 is 0 Å². The lowest BCUT2D eigenvalue weighted by molar-refractivity contribution is -0.121. The molecule has 0 fully saturated rings. The fourth-order valence-electron chi connectivity index (χ4n) is 3.28. The molecule has 0 atom stereocenters. The van der Waals surface area contributed by atoms with Crippen LogP contribution in [0.3, 0.4) is 0 Å². The highest BCUT2D eigenvalue weighted by atomic mass is 16.5. The predicted molar refractivity (Wildman–Crippen MR) is 116 cm³/mol. The third kappa shape index (κ3) is 7.00. The van der Waals surface area contributed by atoms with Crippen molar-refractivity contribution in [2.45, 2.75) is 46.0 Å². The average molecular weight is 400 g/mol. The molecule has 1 amide bonds. The summed E-state index contributed by atoms with van der Waals surface area (Å²) < 4.78 is 16.3. The number of hydrogen-bond acceptors (Lipinski definition) is 4. The first-order chi connectivity index (χ1) is 13.9. The van der Waals surface area contributed by atoms with Gasteiger partial charge in [-0.3, -0.25) is 4.79 Å². The topological polar surface area (TPSA) is 56.8 Å². The smallest absolute Gasteiger partial charge is 0.220 e. The Bertz CT molecular complexity index is 801. The van der Waals surface area contributed by atoms with Crippen LogP contribution in [-0.2, 0) is 11.2 Å². The number of amides is 1. The predicted octanol–water partition coefficient (Wildman–Crippen LogP) is 4.65. The fourth-order valence-corrected chi connectivity index (χ4v) is 3.28. The molecule has 0 radical (unpaired) electrons. The monoisotopic (exact) mass is 399 g/mol. The minimum absolute atomic E-state index is 0.0420. The van der Waals surface area contributed by atoms with Crippen molar-refractivity contribution in [1.82, 2.24) is 5.32 Å². The summed E-state index contributed by atoms with van der Waals surface area (Å²) in [5, 5.41) is 2.96. The van der Waals surface area contributed by atoms with E-state index in [4.69, 9.17) is 14.2 Å². The maximum atomic E-state index is 12.0. The van der Waals surface area contributed by atoms with Crippen LogP contribution in [0.5, 0.6) is 17.2 Å². The number of ether oxygens (including phenoxy) is 3. The molecule has 0 heterocycles. The lowest BCUT2D eigenvalue weighted by Crippen LogP contribution is -2.25. The van der Waals surface area contributed by atoms with Gasteiger partial charge in [-0.05, 0) is 66.6 Å². The average Bonchev–Trinajstić information content (AvgIpc) is 2.70. The van der Waals surface area contributed by atoms with E-state index in [2.05, 4.69) is 38.2 Å². The standard InChI is InChI=1S/C24H33NO4/c1-17(2)21-10-9-20(15-18(21)3)29-14-6-7-24(26)25-13-12-19-8-11-22(27-4)23(16-19)28-5/h8-11,15-17H,6-7,12-14H2,1-5H3,(H,25,26). The van der Waals surface area contributed by atoms with Gasteiger partial charge < -0.3 is 19.5 Å². The first-order valence-electron chi connectivity index (χ1n) is 10.2. The molecule has 5 heteroatoms. The number of aryl methyl sites for hydroxylation is 1. The van der Waals surface area contributed by atoms with E-state index in [0.717, 1.165) is 17.7 Å². The van der Waals surface area contributed by atoms with Gasteiger partial charge in [0.05, 0.1) is 20.8 Å². The molecule has 0 aliphatic heterocycles. The lowest BCUT2D eigenvalue weighted by Gasteiger charge is -2.12. The molecular formula is C24H33NO4. The number of carbonyl (C=O) groups is 1. The summed E-state index contributed by atoms with van der Waals surface area (Å²) in [6.45, 7) is 7.60. The fraction of sp³-hybridized carbons (Fsp3) is 0.458. The van der Waals surface area contributed by atoms with Crippen molar-refractivity contribution in [1.29, 1.82) is 0 Å². The van der Waals surface area contributed by atoms with Crippen molar-refractivity contribution in [3.05, 3.63) is 53.1 Å². The van der Waals surface area contributed by atoms with Crippen molar-refractivity contribution in [2.75, 3.05) is 27.4 Å². The Morgan fingerprint density at radius 1 is 1.03 bits per heavy atom. The summed E-state index contributed by atoms with van der Waals surface area (Å²) in [6.07, 6.45) is 1.88. The van der Waals surface area contributed by atoms with E-state index in [1.165, 1.54) is 11.1 Å². The van der Waals surface area contributed by atoms with Gasteiger partial charge in [-0.2, -0.15) is 0 Å². The summed E-state index contributed by atoms with van der Waals surface area (Å²) >= 11 is 0. The minimum atomic E-state index is 0.0420. The zero-order chi connectivity index (χ0) is 21.2. The summed E-state index contributed by atoms with van der Waals surface area (Å²) in [5.41, 5.74) is 3.67. The molecule has 0 unspecified atom stereocenters. The van der Waals surface area contributed by atoms with Crippen molar-refractivity contribution in [3.8, 4) is 17.2 Å². The summed E-state index contributed by atoms with van der Waals surface area (Å²) in [4.78, 5) is 12.0. The molecule has 2 aromatic rings. The number of benzene rings is 2. The molecule has 0 aliphatic rings. The van der Waals surface area contributed by atoms with Crippen LogP contribution in [-0.4, -0.2) is 33.3 Å². The number of nitrogens with one attached hydrogen (secondary N) is 1. The molecule has 29 heavy (non-hydrogen) atoms. The first-order valence-corrected chi connectivity index (χ1v) is 10.2. The normalized spacial score (nSPS) is 10.7. The second-order valence-electron chi connectivity index (χ2n) is 7.41. The van der Waals surface area contributed by atoms with Gasteiger partial charge in [0.25, 0.3) is 0 Å². The maximum absolute atomic E-state index is 12.0. The molecule has 5 nitrogen and oxygen atoms in total. The van der Waals surface area contributed by atoms with E-state index in [1.54, 1.807) is 14.2 Å². The van der Waals surface area contributed by atoms with Gasteiger partial charge in [0, 0.05) is 13.0 Å². The van der Waals surface area contributed by atoms with Gasteiger partial charge in [-0.15, -0.1) is 0 Å². The van der Waals surface area contributed by atoms with E-state index in [0.29, 0.717) is 43.4 Å². The number of methoxy groups -OCH3 is 2. The van der Waals surface area contributed by atoms with Gasteiger partial charge in [-0.1, -0.05) is 26.0 Å². The van der Waals surface area contributed by atoms with E-state index in [-0.39, 0.29) is 5.91 Å². The molecule has 0 spiro atoms. The molecule has 0 saturated carbocycles. The second kappa shape index (κ2) is 11.3. The van der Waals surface area contributed by atoms with Crippen LogP contribution in [0.15, 0.2) is 36.4 Å². The Morgan fingerprint density at radius 2 is 1.79 bits per heavy atom. The van der Waals surface area contributed by atoms with E-state index >= 15 is 0 Å². The second-order valence-corrected chi connectivity index (χ2v) is 7.41. The Kier molecular flexibility index (Phi) is 8.84. The van der Waals surface area contributed by atoms with Crippen molar-refractivity contribution in [3.63, 3.8) is 0 Å². The SMILES string of the molecule is COc1ccc(CCNC(=O)CCCOc2ccc(C(C)C)c(C)c2)cc1OC. The van der Waals surface area contributed by atoms with E-state index in [9.17, 15) is 4.79 Å². The molecule has 0 aliphatic carbocycles. The zero-order valence-electron chi connectivity index (χ0n) is 18.2. The van der Waals surface area contributed by atoms with Crippen molar-refractivity contribution >= 4 is 5.91 Å². The molecule has 158 valence electrons. The molecule has 0 aromatic heterocycles. The minimum Gasteiger partial charge on any atom is -0.494 e. The number of carbonyl (C=O) groups excluding carboxylic acids is 1. The van der Waals surface area contributed by atoms with Gasteiger partial charge in [-0.25, -0.2) is 0 Å². The van der Waals surface area contributed by atoms with Crippen molar-refractivity contribution in [2.24, 2.45) is 0 Å². The third-order valence-electron chi connectivity index (χ3n) is 4.86. The molecule has 1 N–H and O–H groups in total. The quantitative estimate of drug-likeness (QED) is 0.559. The third-order valence-corrected chi connectivity index (χ3v) is 4.86. The maximum Gasteiger partial charge on any atom is 0.220 e. The van der Waals surface area contributed by atoms with Crippen LogP contribution in [0, 0.1) is 6.92 Å². The Morgan fingerprint density at radius 3 is 2.45 bits per heavy atom. The molecular weight excluding hydrogens is 366 g/mol. The van der Waals surface area contributed by atoms with Crippen LogP contribution in [0.2, 0.25) is 0 Å². The number of hydrogen-bond donors (Lipinski definition) is 1. The van der Waals surface area contributed by atoms with Gasteiger partial charge in [0.2, 0.25) is 5.91 Å². The zero-order valence-corrected chi connectivity index (χ0v) is 18.2. The lowest BCUT2D eigenvalue weighted by atomic mass is 9.98. The highest BCUT2D eigenvalue weighted by Crippen LogP contribution is 2.27. The van der Waals surface area contributed by atoms with Gasteiger partial charge in [0.1, 0.15) is 5.75 Å². The highest BCUT2D eigenvalue weighted by Gasteiger charge is 2.07. The highest BCUT2D eigenvalue weighted by molar-refractivity contribution is 5.75. The molecule has 0 saturated heterocycles. The summed E-state index contributed by atoms with van der Waals surface area (Å²) in [6, 6.07) is 12.0. The van der Waals surface area contributed by atoms with Crippen LogP contribution in [0.4, 0.5) is 0 Å². The Balaban J connectivity index is 1.67. The van der Waals surface area contributed by atoms with Crippen LogP contribution < -0.4 is 19.5 Å². The van der Waals surface area contributed by atoms with Gasteiger partial charge in [0.15, 0.2) is 11.5 Å². The molecule has 2 aromatic carbocycles. The first kappa shape index (κ1) is 22.6. The van der Waals surface area contributed by atoms with Crippen LogP contribution >= 0.6 is 0 Å². The Labute approximate surface area is 174 Å². The van der Waals surface area contributed by atoms with Crippen LogP contribution in [0.1, 0.15) is 49.3 Å². The summed E-state index contributed by atoms with van der Waals surface area (Å²) in [5.74, 6) is 2.81.